The molecule has 0 spiro atoms. The van der Waals surface area contributed by atoms with E-state index in [0.29, 0.717) is 0 Å². The molecule has 2 aliphatic carbocycles. The minimum absolute atomic E-state index is 0.0820. The number of nitrogens with zero attached hydrogens (tertiary/aromatic N) is 1. The minimum atomic E-state index is -0.101. The summed E-state index contributed by atoms with van der Waals surface area (Å²) in [6.45, 7) is 4.70. The molecule has 248 valence electrons. The zero-order valence-corrected chi connectivity index (χ0v) is 29.1. The van der Waals surface area contributed by atoms with Crippen LogP contribution >= 0.6 is 0 Å². The van der Waals surface area contributed by atoms with Gasteiger partial charge in [0.15, 0.2) is 0 Å². The predicted octanol–water partition coefficient (Wildman–Crippen LogP) is 13.3. The molecule has 2 heterocycles. The third-order valence-corrected chi connectivity index (χ3v) is 11.6. The maximum Gasteiger partial charge on any atom is 0.136 e. The van der Waals surface area contributed by atoms with Gasteiger partial charge in [0, 0.05) is 50.7 Å². The van der Waals surface area contributed by atoms with E-state index in [1.165, 1.54) is 66.4 Å². The third kappa shape index (κ3) is 4.14. The van der Waals surface area contributed by atoms with Crippen molar-refractivity contribution >= 4 is 55.3 Å². The third-order valence-electron chi connectivity index (χ3n) is 11.6. The van der Waals surface area contributed by atoms with Gasteiger partial charge in [-0.1, -0.05) is 123 Å². The highest BCUT2D eigenvalue weighted by Crippen LogP contribution is 2.55. The number of ether oxygens (including phenoxy) is 1. The first kappa shape index (κ1) is 29.4. The molecule has 1 unspecified atom stereocenters. The Labute approximate surface area is 302 Å². The average molecular weight is 670 g/mol. The van der Waals surface area contributed by atoms with Gasteiger partial charge in [-0.25, -0.2) is 0 Å². The summed E-state index contributed by atoms with van der Waals surface area (Å²) < 4.78 is 12.6. The Hall–Kier alpha value is -6.32. The number of rotatable bonds is 4. The van der Waals surface area contributed by atoms with Crippen LogP contribution in [-0.4, -0.2) is 6.10 Å². The van der Waals surface area contributed by atoms with Crippen molar-refractivity contribution in [2.75, 3.05) is 4.90 Å². The van der Waals surface area contributed by atoms with E-state index in [1.54, 1.807) is 0 Å². The number of allylic oxidation sites excluding steroid dienone is 2. The lowest BCUT2D eigenvalue weighted by atomic mass is 9.82. The monoisotopic (exact) mass is 669 g/mol. The van der Waals surface area contributed by atoms with Crippen LogP contribution < -0.4 is 9.64 Å². The van der Waals surface area contributed by atoms with Crippen molar-refractivity contribution in [3.05, 3.63) is 174 Å². The number of para-hydroxylation sites is 1. The van der Waals surface area contributed by atoms with Gasteiger partial charge >= 0.3 is 0 Å². The van der Waals surface area contributed by atoms with Crippen LogP contribution in [0, 0.1) is 0 Å². The van der Waals surface area contributed by atoms with E-state index in [0.717, 1.165) is 40.1 Å². The standard InChI is InChI=1S/C49H35NO2/c1-49(2)40-16-6-3-12-37(40)48-41(49)17-10-18-42(48)50(32-25-27-45-39(29-32)35-11-4-7-19-43(35)51-45)31-23-21-30(22-24-31)33-14-9-15-36-34(33)26-28-46-47(36)38-13-5-8-20-44(38)52-46/h3-18,20-29,43H,19H2,1-2H3. The predicted molar refractivity (Wildman–Crippen MR) is 215 cm³/mol. The fourth-order valence-corrected chi connectivity index (χ4v) is 9.09. The summed E-state index contributed by atoms with van der Waals surface area (Å²) in [5.74, 6) is 0.958. The first-order valence-electron chi connectivity index (χ1n) is 18.2. The second-order valence-corrected chi connectivity index (χ2v) is 14.8. The highest BCUT2D eigenvalue weighted by Gasteiger charge is 2.38. The van der Waals surface area contributed by atoms with Crippen LogP contribution in [0.5, 0.6) is 5.75 Å². The number of hydrogen-bond donors (Lipinski definition) is 0. The Bertz CT molecular complexity index is 2830. The molecule has 0 radical (unpaired) electrons. The van der Waals surface area contributed by atoms with Gasteiger partial charge in [0.25, 0.3) is 0 Å². The highest BCUT2D eigenvalue weighted by molar-refractivity contribution is 6.21. The molecule has 3 heteroatoms. The number of hydrogen-bond acceptors (Lipinski definition) is 3. The summed E-state index contributed by atoms with van der Waals surface area (Å²) in [7, 11) is 0. The molecular weight excluding hydrogens is 635 g/mol. The molecule has 3 nitrogen and oxygen atoms in total. The molecule has 0 bridgehead atoms. The summed E-state index contributed by atoms with van der Waals surface area (Å²) in [5, 5.41) is 4.74. The van der Waals surface area contributed by atoms with E-state index < -0.39 is 0 Å². The van der Waals surface area contributed by atoms with Crippen LogP contribution in [0.1, 0.15) is 37.0 Å². The fourth-order valence-electron chi connectivity index (χ4n) is 9.09. The summed E-state index contributed by atoms with van der Waals surface area (Å²) in [5.41, 5.74) is 15.3. The van der Waals surface area contributed by atoms with Gasteiger partial charge in [0.2, 0.25) is 0 Å². The fraction of sp³-hybridized carbons (Fsp3) is 0.102. The second kappa shape index (κ2) is 10.8. The average Bonchev–Trinajstić information content (AvgIpc) is 3.83. The summed E-state index contributed by atoms with van der Waals surface area (Å²) >= 11 is 0. The molecule has 52 heavy (non-hydrogen) atoms. The first-order chi connectivity index (χ1) is 25.5. The SMILES string of the molecule is CC1(C)c2ccccc2-c2c(N(c3ccc(-c4cccc5c4ccc4oc6ccccc6c45)cc3)c3ccc4c(c3)C3=CC=CCC3O4)cccc21. The maximum atomic E-state index is 6.41. The Kier molecular flexibility index (Phi) is 6.13. The van der Waals surface area contributed by atoms with E-state index in [2.05, 4.69) is 164 Å². The lowest BCUT2D eigenvalue weighted by Crippen LogP contribution is -2.16. The van der Waals surface area contributed by atoms with Crippen molar-refractivity contribution in [1.82, 2.24) is 0 Å². The largest absolute Gasteiger partial charge is 0.485 e. The Balaban J connectivity index is 1.09. The molecule has 1 atom stereocenters. The molecule has 1 aromatic heterocycles. The van der Waals surface area contributed by atoms with Gasteiger partial charge in [-0.2, -0.15) is 0 Å². The molecule has 1 aliphatic heterocycles. The van der Waals surface area contributed by atoms with Crippen LogP contribution in [-0.2, 0) is 5.41 Å². The van der Waals surface area contributed by atoms with Crippen LogP contribution in [0.3, 0.4) is 0 Å². The molecule has 11 rings (SSSR count). The first-order valence-corrected chi connectivity index (χ1v) is 18.2. The Morgan fingerprint density at radius 2 is 1.38 bits per heavy atom. The van der Waals surface area contributed by atoms with Crippen molar-refractivity contribution in [1.29, 1.82) is 0 Å². The lowest BCUT2D eigenvalue weighted by Gasteiger charge is -2.29. The topological polar surface area (TPSA) is 25.6 Å². The normalized spacial score (nSPS) is 16.3. The van der Waals surface area contributed by atoms with Crippen molar-refractivity contribution in [3.8, 4) is 28.0 Å². The molecule has 0 saturated carbocycles. The van der Waals surface area contributed by atoms with E-state index in [-0.39, 0.29) is 11.5 Å². The van der Waals surface area contributed by atoms with E-state index in [4.69, 9.17) is 9.15 Å². The van der Waals surface area contributed by atoms with Gasteiger partial charge in [-0.3, -0.25) is 0 Å². The van der Waals surface area contributed by atoms with Crippen LogP contribution in [0.2, 0.25) is 0 Å². The summed E-state index contributed by atoms with van der Waals surface area (Å²) in [4.78, 5) is 2.44. The number of furan rings is 1. The molecule has 3 aliphatic rings. The molecule has 0 fully saturated rings. The van der Waals surface area contributed by atoms with Crippen molar-refractivity contribution in [3.63, 3.8) is 0 Å². The maximum absolute atomic E-state index is 6.41. The van der Waals surface area contributed by atoms with Crippen molar-refractivity contribution in [2.24, 2.45) is 0 Å². The molecule has 8 aromatic rings. The van der Waals surface area contributed by atoms with Gasteiger partial charge in [0.05, 0.1) is 5.69 Å². The number of fused-ring (bicyclic) bond motifs is 11. The van der Waals surface area contributed by atoms with Crippen LogP contribution in [0.15, 0.2) is 162 Å². The number of anilines is 3. The zero-order valence-electron chi connectivity index (χ0n) is 29.1. The summed E-state index contributed by atoms with van der Waals surface area (Å²) in [6.07, 6.45) is 7.54. The number of benzene rings is 7. The van der Waals surface area contributed by atoms with Gasteiger partial charge < -0.3 is 14.1 Å². The molecule has 0 amide bonds. The van der Waals surface area contributed by atoms with E-state index in [9.17, 15) is 0 Å². The van der Waals surface area contributed by atoms with Gasteiger partial charge in [0.1, 0.15) is 23.0 Å². The van der Waals surface area contributed by atoms with Gasteiger partial charge in [-0.15, -0.1) is 0 Å². The van der Waals surface area contributed by atoms with Crippen LogP contribution in [0.4, 0.5) is 17.1 Å². The molecule has 0 saturated heterocycles. The highest BCUT2D eigenvalue weighted by atomic mass is 16.5. The molecule has 0 N–H and O–H groups in total. The van der Waals surface area contributed by atoms with E-state index >= 15 is 0 Å². The Morgan fingerprint density at radius 3 is 2.31 bits per heavy atom. The smallest absolute Gasteiger partial charge is 0.136 e. The quantitative estimate of drug-likeness (QED) is 0.186. The summed E-state index contributed by atoms with van der Waals surface area (Å²) in [6, 6.07) is 50.8. The van der Waals surface area contributed by atoms with E-state index in [1.807, 2.05) is 12.1 Å². The van der Waals surface area contributed by atoms with Crippen LogP contribution in [0.25, 0.3) is 60.5 Å². The van der Waals surface area contributed by atoms with Crippen molar-refractivity contribution < 1.29 is 9.15 Å². The second-order valence-electron chi connectivity index (χ2n) is 14.8. The van der Waals surface area contributed by atoms with Gasteiger partial charge in [-0.05, 0) is 87.1 Å². The minimum Gasteiger partial charge on any atom is -0.485 e. The van der Waals surface area contributed by atoms with Crippen molar-refractivity contribution in [2.45, 2.75) is 31.8 Å². The Morgan fingerprint density at radius 1 is 0.615 bits per heavy atom. The molecular formula is C49H35NO2. The molecule has 7 aromatic carbocycles. The zero-order chi connectivity index (χ0) is 34.6. The lowest BCUT2D eigenvalue weighted by molar-refractivity contribution is 0.279.